The van der Waals surface area contributed by atoms with E-state index >= 15 is 0 Å². The fraction of sp³-hybridized carbons (Fsp3) is 0.546. The van der Waals surface area contributed by atoms with Crippen molar-refractivity contribution in [3.63, 3.8) is 0 Å². The smallest absolute Gasteiger partial charge is 0.245 e. The standard InChI is InChI=1S/C49H68N10O7.C48H66N10O7S/c1-31(60)55-41(27-33-15-6-3-7-16-33)46(64)57-39-20-11-24-52-44(62)34(17-10-25-53-49(50)51)29-43(61)40(28-35-30-54-37-19-9-8-18-36(35)37)58-45(63)38(23-22-32-13-4-2-5-14-32)56-47(65)42-21-12-26-59(42)48(39)66;1-29(59)54-39(22-30-12-4-2-5-13-30)44(62)55-37-19-11-20-51-43(61)32(16-10-21-52-48(49)50)25-42(60)38(24-33-27-53-36-18-9-8-17-35(33)36)56-45(63)40(23-31-14-6-3-7-15-31)57-46(64)41-26-34(66)28-58(41)47(37)65/h3,6-9,15-16,18-19,30,32,34,38-42,54H,2,4-5,10-14,17,20-29H2,1H3,(H,52,62)(H,55,60)(H,56,65)(H,57,64)(H,58,63)(H4,50,51,53);2,4-5,8-9,12-13,17-18,27,31-32,34,37-41,53,66H,3,6-7,10-11,14-16,19-26,28H2,1H3,(H,51,61)(H,54,59)(H,55,62)(H,56,63)(H,57,64)(H4,49,50,52)/t34-,38-,39+,40+,41+,42+;32-,34+,37+,38+,39+,40-,41+/m11/s1. The Kier molecular flexibility index (Phi) is 38.4. The number of guanidine groups is 2. The van der Waals surface area contributed by atoms with Gasteiger partial charge in [0, 0.05) is 143 Å². The van der Waals surface area contributed by atoms with Gasteiger partial charge < -0.3 is 95.9 Å². The monoisotopic (exact) mass is 1840 g/mol. The lowest BCUT2D eigenvalue weighted by Crippen LogP contribution is -2.59. The highest BCUT2D eigenvalue weighted by atomic mass is 32.1. The van der Waals surface area contributed by atoms with Crippen molar-refractivity contribution in [1.82, 2.24) is 72.9 Å². The highest BCUT2D eigenvalue weighted by Crippen LogP contribution is 2.33. The Hall–Kier alpha value is -12.2. The molecule has 4 aliphatic heterocycles. The Morgan fingerprint density at radius 2 is 0.886 bits per heavy atom. The maximum Gasteiger partial charge on any atom is 0.245 e. The molecule has 0 spiro atoms. The molecule has 4 aromatic carbocycles. The molecule has 2 aliphatic carbocycles. The summed E-state index contributed by atoms with van der Waals surface area (Å²) in [6, 6.07) is 23.3. The number of fused-ring (bicyclic) bond motifs is 4. The fourth-order valence-corrected chi connectivity index (χ4v) is 19.6. The lowest BCUT2D eigenvalue weighted by molar-refractivity contribution is -0.142. The minimum atomic E-state index is -1.15. The van der Waals surface area contributed by atoms with Crippen molar-refractivity contribution in [3.05, 3.63) is 144 Å². The molecular weight excluding hydrogens is 1700 g/mol. The number of hydrogen-bond donors (Lipinski definition) is 17. The first kappa shape index (κ1) is 100. The summed E-state index contributed by atoms with van der Waals surface area (Å²) in [7, 11) is 0. The number of carbonyl (C=O) groups excluding carboxylic acids is 14. The molecule has 2 saturated carbocycles. The lowest BCUT2D eigenvalue weighted by Gasteiger charge is -2.32. The molecule has 0 radical (unpaired) electrons. The van der Waals surface area contributed by atoms with Crippen molar-refractivity contribution in [1.29, 1.82) is 0 Å². The molecule has 4 saturated heterocycles. The largest absolute Gasteiger partial charge is 0.370 e. The Morgan fingerprint density at radius 1 is 0.455 bits per heavy atom. The first-order valence-electron chi connectivity index (χ1n) is 47.2. The third-order valence-corrected chi connectivity index (χ3v) is 26.6. The number of amides is 12. The van der Waals surface area contributed by atoms with Gasteiger partial charge in [0.1, 0.15) is 48.3 Å². The highest BCUT2D eigenvalue weighted by Gasteiger charge is 2.45. The molecule has 6 aromatic rings. The third kappa shape index (κ3) is 30.2. The number of aromatic nitrogens is 2. The molecule has 20 N–H and O–H groups in total. The average molecular weight is 1840 g/mol. The molecule has 2 aromatic heterocycles. The van der Waals surface area contributed by atoms with E-state index in [-0.39, 0.29) is 163 Å². The predicted molar refractivity (Wildman–Crippen MR) is 506 cm³/mol. The Morgan fingerprint density at radius 3 is 1.36 bits per heavy atom. The number of nitrogens with zero attached hydrogens (tertiary/aromatic N) is 4. The van der Waals surface area contributed by atoms with Crippen molar-refractivity contribution in [3.8, 4) is 0 Å². The molecule has 132 heavy (non-hydrogen) atoms. The van der Waals surface area contributed by atoms with E-state index in [1.807, 2.05) is 122 Å². The van der Waals surface area contributed by atoms with Crippen LogP contribution in [0.15, 0.2) is 132 Å². The predicted octanol–water partition coefficient (Wildman–Crippen LogP) is 5.12. The van der Waals surface area contributed by atoms with Crippen LogP contribution < -0.4 is 76.1 Å². The molecule has 35 heteroatoms. The maximum atomic E-state index is 14.7. The van der Waals surface area contributed by atoms with Gasteiger partial charge in [0.2, 0.25) is 70.9 Å². The Bertz CT molecular complexity index is 5010. The molecule has 6 aliphatic rings. The first-order chi connectivity index (χ1) is 63.6. The average Bonchev–Trinajstić information content (AvgIpc) is 1.66. The molecule has 12 rings (SSSR count). The topological polar surface area (TPSA) is 526 Å². The van der Waals surface area contributed by atoms with Crippen LogP contribution in [-0.2, 0) is 92.8 Å². The number of benzene rings is 4. The number of carbonyl (C=O) groups is 14. The Balaban J connectivity index is 0.000000255. The van der Waals surface area contributed by atoms with Gasteiger partial charge in [0.25, 0.3) is 0 Å². The Labute approximate surface area is 776 Å². The summed E-state index contributed by atoms with van der Waals surface area (Å²) in [6.07, 6.45) is 18.5. The summed E-state index contributed by atoms with van der Waals surface area (Å²) in [5, 5.41) is 30.6. The second kappa shape index (κ2) is 50.5. The van der Waals surface area contributed by atoms with Crippen LogP contribution in [0.3, 0.4) is 0 Å². The summed E-state index contributed by atoms with van der Waals surface area (Å²) in [4.78, 5) is 215. The van der Waals surface area contributed by atoms with Gasteiger partial charge in [-0.25, -0.2) is 0 Å². The van der Waals surface area contributed by atoms with Crippen molar-refractivity contribution in [2.75, 3.05) is 39.3 Å². The first-order valence-corrected chi connectivity index (χ1v) is 47.7. The van der Waals surface area contributed by atoms with Crippen molar-refractivity contribution in [2.45, 2.75) is 272 Å². The van der Waals surface area contributed by atoms with Crippen molar-refractivity contribution in [2.24, 2.45) is 56.6 Å². The minimum absolute atomic E-state index is 0.0680. The zero-order valence-electron chi connectivity index (χ0n) is 75.9. The van der Waals surface area contributed by atoms with E-state index in [0.29, 0.717) is 50.9 Å². The lowest BCUT2D eigenvalue weighted by atomic mass is 9.84. The van der Waals surface area contributed by atoms with E-state index in [1.54, 1.807) is 0 Å². The minimum Gasteiger partial charge on any atom is -0.370 e. The second-order valence-electron chi connectivity index (χ2n) is 36.3. The van der Waals surface area contributed by atoms with Gasteiger partial charge in [-0.15, -0.1) is 0 Å². The van der Waals surface area contributed by atoms with Gasteiger partial charge >= 0.3 is 0 Å². The summed E-state index contributed by atoms with van der Waals surface area (Å²) in [5.41, 5.74) is 27.2. The number of rotatable bonds is 27. The van der Waals surface area contributed by atoms with Gasteiger partial charge in [-0.05, 0) is 136 Å². The van der Waals surface area contributed by atoms with Gasteiger partial charge in [-0.1, -0.05) is 161 Å². The fourth-order valence-electron chi connectivity index (χ4n) is 19.3. The van der Waals surface area contributed by atoms with E-state index in [1.165, 1.54) is 23.6 Å². The molecule has 12 amide bonds. The summed E-state index contributed by atoms with van der Waals surface area (Å²) < 4.78 is 0. The normalized spacial score (nSPS) is 23.9. The number of nitrogens with one attached hydrogen (secondary N) is 12. The van der Waals surface area contributed by atoms with Crippen LogP contribution in [0.1, 0.15) is 203 Å². The molecule has 0 bridgehead atoms. The van der Waals surface area contributed by atoms with Gasteiger partial charge in [-0.3, -0.25) is 77.1 Å². The zero-order valence-corrected chi connectivity index (χ0v) is 76.8. The number of ketones is 2. The van der Waals surface area contributed by atoms with Gasteiger partial charge in [-0.2, -0.15) is 12.6 Å². The molecule has 34 nitrogen and oxygen atoms in total. The molecule has 6 fully saturated rings. The second-order valence-corrected chi connectivity index (χ2v) is 37.0. The maximum absolute atomic E-state index is 14.7. The number of H-pyrrole nitrogens is 2. The SMILES string of the molecule is CC(=O)N[C@@H](Cc1ccccc1)C(=O)N[C@H]1CCCNC(=O)[C@H](CCCN=C(N)N)CC(=O)[C@H](Cc2c[nH]c3ccccc23)NC(=O)[C@@H](CC2CCCCC2)NC(=O)[C@@H]2C[C@H](S)CN2C1=O.CC(=O)N[C@@H](Cc1ccccc1)C(=O)N[C@H]1CCCNC(=O)[C@H](CCCN=C(N)N)CC(=O)[C@H](Cc2c[nH]c3ccccc23)NC(=O)[C@@H](CCC2CCCCC2)NC(=O)[C@@H]2CCCN2C1=O. The van der Waals surface area contributed by atoms with Gasteiger partial charge in [0.15, 0.2) is 23.5 Å². The van der Waals surface area contributed by atoms with E-state index in [0.717, 1.165) is 108 Å². The van der Waals surface area contributed by atoms with Crippen LogP contribution in [0.5, 0.6) is 0 Å². The van der Waals surface area contributed by atoms with Gasteiger partial charge in [0.05, 0.1) is 12.1 Å². The van der Waals surface area contributed by atoms with Crippen LogP contribution in [-0.4, -0.2) is 219 Å². The van der Waals surface area contributed by atoms with Crippen LogP contribution in [0.4, 0.5) is 0 Å². The quantitative estimate of drug-likeness (QED) is 0.0138. The van der Waals surface area contributed by atoms with Crippen molar-refractivity contribution < 1.29 is 67.1 Å². The summed E-state index contributed by atoms with van der Waals surface area (Å²) in [6.45, 7) is 3.65. The number of Topliss-reactive ketones (excluding diaryl/α,β-unsaturated/α-hetero) is 2. The van der Waals surface area contributed by atoms with Crippen LogP contribution >= 0.6 is 12.6 Å². The van der Waals surface area contributed by atoms with Crippen molar-refractivity contribution >= 4 is 129 Å². The summed E-state index contributed by atoms with van der Waals surface area (Å²) in [5.74, 6) is -7.84. The molecular formula is C97H134N20O14S. The van der Waals surface area contributed by atoms with E-state index in [9.17, 15) is 67.1 Å². The third-order valence-electron chi connectivity index (χ3n) is 26.2. The molecule has 6 heterocycles. The highest BCUT2D eigenvalue weighted by molar-refractivity contribution is 7.81. The number of aromatic amines is 2. The molecule has 712 valence electrons. The number of para-hydroxylation sites is 2. The number of thiol groups is 1. The van der Waals surface area contributed by atoms with Crippen LogP contribution in [0, 0.1) is 23.7 Å². The number of nitrogens with two attached hydrogens (primary N) is 4. The zero-order chi connectivity index (χ0) is 94.2. The molecule has 0 unspecified atom stereocenters. The number of aliphatic imine (C=N–C) groups is 2. The van der Waals surface area contributed by atoms with E-state index < -0.39 is 137 Å². The van der Waals surface area contributed by atoms with Crippen LogP contribution in [0.2, 0.25) is 0 Å². The number of hydrogen-bond acceptors (Lipinski definition) is 17. The van der Waals surface area contributed by atoms with E-state index in [4.69, 9.17) is 35.6 Å². The van der Waals surface area contributed by atoms with Crippen LogP contribution in [0.25, 0.3) is 21.8 Å². The molecule has 13 atom stereocenters. The summed E-state index contributed by atoms with van der Waals surface area (Å²) >= 11 is 4.71. The van der Waals surface area contributed by atoms with E-state index in [2.05, 4.69) is 73.1 Å².